The van der Waals surface area contributed by atoms with Crippen molar-refractivity contribution < 1.29 is 14.5 Å². The predicted octanol–water partition coefficient (Wildman–Crippen LogP) is 1.39. The molecule has 1 saturated heterocycles. The van der Waals surface area contributed by atoms with Crippen LogP contribution in [0, 0.1) is 0 Å². The van der Waals surface area contributed by atoms with Gasteiger partial charge in [-0.1, -0.05) is 12.1 Å². The van der Waals surface area contributed by atoms with Crippen molar-refractivity contribution in [3.05, 3.63) is 29.3 Å². The van der Waals surface area contributed by atoms with Crippen LogP contribution < -0.4 is 15.5 Å². The average molecular weight is 359 g/mol. The third-order valence-electron chi connectivity index (χ3n) is 4.90. The fourth-order valence-corrected chi connectivity index (χ4v) is 4.61. The number of rotatable bonds is 4. The first-order valence-corrected chi connectivity index (χ1v) is 9.81. The Morgan fingerprint density at radius 1 is 1.20 bits per heavy atom. The van der Waals surface area contributed by atoms with Crippen LogP contribution in [0.1, 0.15) is 43.2 Å². The minimum atomic E-state index is -0.361. The van der Waals surface area contributed by atoms with E-state index in [2.05, 4.69) is 16.7 Å². The molecule has 1 saturated carbocycles. The number of benzene rings is 1. The smallest absolute Gasteiger partial charge is 0.321 e. The first-order chi connectivity index (χ1) is 12.2. The Labute approximate surface area is 150 Å². The van der Waals surface area contributed by atoms with E-state index < -0.39 is 0 Å². The van der Waals surface area contributed by atoms with Gasteiger partial charge in [0.15, 0.2) is 11.6 Å². The van der Waals surface area contributed by atoms with Gasteiger partial charge in [0.1, 0.15) is 6.04 Å². The Hall–Kier alpha value is -1.99. The topological polar surface area (TPSA) is 75.5 Å². The van der Waals surface area contributed by atoms with Crippen LogP contribution in [0.2, 0.25) is 0 Å². The number of thiazole rings is 1. The van der Waals surface area contributed by atoms with Crippen LogP contribution in [0.4, 0.5) is 4.79 Å². The summed E-state index contributed by atoms with van der Waals surface area (Å²) in [5.74, 6) is -0.207. The summed E-state index contributed by atoms with van der Waals surface area (Å²) < 4.78 is 1.19. The zero-order valence-electron chi connectivity index (χ0n) is 14.1. The largest absolute Gasteiger partial charge is 0.335 e. The van der Waals surface area contributed by atoms with Crippen molar-refractivity contribution in [1.29, 1.82) is 0 Å². The Kier molecular flexibility index (Phi) is 4.67. The Morgan fingerprint density at radius 3 is 2.84 bits per heavy atom. The number of nitrogens with zero attached hydrogens (tertiary/aromatic N) is 1. The van der Waals surface area contributed by atoms with Crippen molar-refractivity contribution in [2.24, 2.45) is 0 Å². The summed E-state index contributed by atoms with van der Waals surface area (Å²) in [7, 11) is 0. The average Bonchev–Trinajstić information content (AvgIpc) is 3.29. The second-order valence-corrected chi connectivity index (χ2v) is 8.01. The maximum atomic E-state index is 12.3. The van der Waals surface area contributed by atoms with Gasteiger partial charge in [0.2, 0.25) is 0 Å². The van der Waals surface area contributed by atoms with E-state index >= 15 is 0 Å². The number of amides is 3. The number of hydrogen-bond donors (Lipinski definition) is 3. The number of aromatic nitrogens is 1. The number of quaternary nitrogens is 1. The second kappa shape index (κ2) is 7.09. The van der Waals surface area contributed by atoms with Gasteiger partial charge in [-0.2, -0.15) is 0 Å². The molecule has 2 aromatic rings. The van der Waals surface area contributed by atoms with E-state index in [9.17, 15) is 9.59 Å². The van der Waals surface area contributed by atoms with E-state index in [1.165, 1.54) is 9.60 Å². The van der Waals surface area contributed by atoms with E-state index in [1.807, 2.05) is 18.2 Å². The summed E-state index contributed by atoms with van der Waals surface area (Å²) in [4.78, 5) is 30.0. The maximum absolute atomic E-state index is 12.3. The molecular weight excluding hydrogens is 336 g/mol. The molecule has 6 nitrogen and oxygen atoms in total. The van der Waals surface area contributed by atoms with Crippen LogP contribution in [0.25, 0.3) is 10.2 Å². The van der Waals surface area contributed by atoms with Crippen LogP contribution >= 0.6 is 11.3 Å². The van der Waals surface area contributed by atoms with Crippen LogP contribution in [-0.4, -0.2) is 36.1 Å². The van der Waals surface area contributed by atoms with Gasteiger partial charge >= 0.3 is 6.03 Å². The molecule has 1 aliphatic carbocycles. The summed E-state index contributed by atoms with van der Waals surface area (Å²) in [6.07, 6.45) is 5.33. The van der Waals surface area contributed by atoms with Crippen molar-refractivity contribution >= 4 is 33.5 Å². The predicted molar refractivity (Wildman–Crippen MR) is 96.6 cm³/mol. The fourth-order valence-electron chi connectivity index (χ4n) is 3.45. The highest BCUT2D eigenvalue weighted by Crippen LogP contribution is 2.28. The Balaban J connectivity index is 1.43. The van der Waals surface area contributed by atoms with Crippen LogP contribution in [0.15, 0.2) is 24.3 Å². The van der Waals surface area contributed by atoms with Gasteiger partial charge in [0.05, 0.1) is 16.8 Å². The molecule has 0 bridgehead atoms. The van der Waals surface area contributed by atoms with Crippen molar-refractivity contribution in [3.8, 4) is 0 Å². The van der Waals surface area contributed by atoms with E-state index in [1.54, 1.807) is 11.3 Å². The number of likely N-dealkylation sites (tertiary alicyclic amines) is 1. The molecule has 7 heteroatoms. The molecule has 1 aliphatic heterocycles. The number of fused-ring (bicyclic) bond motifs is 1. The molecule has 1 aromatic heterocycles. The molecule has 2 fully saturated rings. The number of para-hydroxylation sites is 1. The monoisotopic (exact) mass is 359 g/mol. The molecule has 3 amide bonds. The number of piperidine rings is 1. The lowest BCUT2D eigenvalue weighted by Gasteiger charge is -2.30. The summed E-state index contributed by atoms with van der Waals surface area (Å²) >= 11 is 1.72. The third kappa shape index (κ3) is 3.99. The standard InChI is InChI=1S/C18H22N4O2S/c23-16(21-18(24)19-12-8-9-12)11-22-10-4-3-6-14(22)17-20-13-5-1-2-7-15(13)25-17/h1-2,5,7,12,14H,3-4,6,8-11H2,(H2,19,21,23,24)/p+1/t14-/m0/s1. The molecule has 3 N–H and O–H groups in total. The van der Waals surface area contributed by atoms with Crippen molar-refractivity contribution in [1.82, 2.24) is 15.6 Å². The van der Waals surface area contributed by atoms with Gasteiger partial charge in [0.25, 0.3) is 5.91 Å². The molecule has 132 valence electrons. The molecule has 2 heterocycles. The lowest BCUT2D eigenvalue weighted by atomic mass is 10.0. The van der Waals surface area contributed by atoms with Gasteiger partial charge in [-0.05, 0) is 37.8 Å². The normalized spacial score (nSPS) is 23.4. The lowest BCUT2D eigenvalue weighted by molar-refractivity contribution is -0.929. The highest BCUT2D eigenvalue weighted by Gasteiger charge is 2.32. The van der Waals surface area contributed by atoms with Crippen molar-refractivity contribution in [3.63, 3.8) is 0 Å². The lowest BCUT2D eigenvalue weighted by Crippen LogP contribution is -3.14. The second-order valence-electron chi connectivity index (χ2n) is 6.95. The van der Waals surface area contributed by atoms with Crippen LogP contribution in [0.3, 0.4) is 0 Å². The number of hydrogen-bond acceptors (Lipinski definition) is 4. The molecule has 4 rings (SSSR count). The first-order valence-electron chi connectivity index (χ1n) is 8.99. The molecule has 2 aliphatic rings. The van der Waals surface area contributed by atoms with Gasteiger partial charge in [0, 0.05) is 12.5 Å². The zero-order chi connectivity index (χ0) is 17.2. The summed E-state index contributed by atoms with van der Waals surface area (Å²) in [5, 5.41) is 6.37. The van der Waals surface area contributed by atoms with Gasteiger partial charge in [-0.15, -0.1) is 11.3 Å². The highest BCUT2D eigenvalue weighted by atomic mass is 32.1. The summed E-state index contributed by atoms with van der Waals surface area (Å²) in [6.45, 7) is 1.26. The van der Waals surface area contributed by atoms with E-state index in [-0.39, 0.29) is 24.0 Å². The molecule has 1 unspecified atom stereocenters. The van der Waals surface area contributed by atoms with E-state index in [0.29, 0.717) is 6.54 Å². The SMILES string of the molecule is O=C(C[NH+]1CCCC[C@H]1c1nc2ccccc2s1)NC(=O)NC1CC1. The fraction of sp³-hybridized carbons (Fsp3) is 0.500. The van der Waals surface area contributed by atoms with Gasteiger partial charge in [-0.25, -0.2) is 9.78 Å². The van der Waals surface area contributed by atoms with E-state index in [0.717, 1.165) is 49.2 Å². The quantitative estimate of drug-likeness (QED) is 0.772. The first kappa shape index (κ1) is 16.5. The third-order valence-corrected chi connectivity index (χ3v) is 6.05. The minimum Gasteiger partial charge on any atom is -0.335 e. The Morgan fingerprint density at radius 2 is 2.04 bits per heavy atom. The minimum absolute atomic E-state index is 0.207. The Bertz CT molecular complexity index is 753. The molecule has 0 radical (unpaired) electrons. The number of carbonyl (C=O) groups is 2. The van der Waals surface area contributed by atoms with E-state index in [4.69, 9.17) is 4.98 Å². The highest BCUT2D eigenvalue weighted by molar-refractivity contribution is 7.18. The van der Waals surface area contributed by atoms with Crippen molar-refractivity contribution in [2.75, 3.05) is 13.1 Å². The molecule has 0 spiro atoms. The summed E-state index contributed by atoms with van der Waals surface area (Å²) in [5.41, 5.74) is 1.03. The van der Waals surface area contributed by atoms with Crippen LogP contribution in [0.5, 0.6) is 0 Å². The number of urea groups is 1. The molecular formula is C18H23N4O2S+. The van der Waals surface area contributed by atoms with Gasteiger partial charge < -0.3 is 10.2 Å². The molecule has 2 atom stereocenters. The molecule has 25 heavy (non-hydrogen) atoms. The summed E-state index contributed by atoms with van der Waals surface area (Å²) in [6, 6.07) is 8.29. The zero-order valence-corrected chi connectivity index (χ0v) is 14.9. The van der Waals surface area contributed by atoms with Crippen LogP contribution in [-0.2, 0) is 4.79 Å². The molecule has 1 aromatic carbocycles. The number of carbonyl (C=O) groups excluding carboxylic acids is 2. The number of nitrogens with one attached hydrogen (secondary N) is 3. The van der Waals surface area contributed by atoms with Crippen molar-refractivity contribution in [2.45, 2.75) is 44.2 Å². The number of imide groups is 1. The van der Waals surface area contributed by atoms with Gasteiger partial charge in [-0.3, -0.25) is 10.1 Å². The maximum Gasteiger partial charge on any atom is 0.321 e.